The number of hydrogen-bond acceptors (Lipinski definition) is 6. The topological polar surface area (TPSA) is 114 Å². The average Bonchev–Trinajstić information content (AvgIpc) is 3.06. The molecular weight excluding hydrogens is 356 g/mol. The molecule has 1 aliphatic heterocycles. The van der Waals surface area contributed by atoms with Gasteiger partial charge in [-0.1, -0.05) is 6.92 Å². The van der Waals surface area contributed by atoms with Gasteiger partial charge in [-0.3, -0.25) is 9.59 Å². The van der Waals surface area contributed by atoms with Gasteiger partial charge in [-0.2, -0.15) is 0 Å². The number of hydrogen-bond donors (Lipinski definition) is 2. The third kappa shape index (κ3) is 4.24. The zero-order chi connectivity index (χ0) is 20.1. The van der Waals surface area contributed by atoms with Gasteiger partial charge in [0.2, 0.25) is 17.6 Å². The summed E-state index contributed by atoms with van der Waals surface area (Å²) in [5.41, 5.74) is 0.509. The maximum atomic E-state index is 12.4. The molecule has 2 N–H and O–H groups in total. The number of rotatable bonds is 8. The third-order valence-electron chi connectivity index (χ3n) is 4.48. The molecule has 2 rings (SSSR count). The first-order chi connectivity index (χ1) is 12.9. The summed E-state index contributed by atoms with van der Waals surface area (Å²) in [6, 6.07) is 2.29. The molecule has 1 fully saturated rings. The number of benzene rings is 1. The fourth-order valence-electron chi connectivity index (χ4n) is 2.98. The van der Waals surface area contributed by atoms with Crippen molar-refractivity contribution in [3.63, 3.8) is 0 Å². The smallest absolute Gasteiger partial charge is 0.326 e. The van der Waals surface area contributed by atoms with Gasteiger partial charge in [0.15, 0.2) is 11.5 Å². The van der Waals surface area contributed by atoms with Crippen molar-refractivity contribution in [1.82, 2.24) is 5.32 Å². The minimum absolute atomic E-state index is 0.00144. The lowest BCUT2D eigenvalue weighted by molar-refractivity contribution is -0.142. The number of aliphatic carboxylic acids is 1. The molecule has 1 aromatic carbocycles. The number of ether oxygens (including phenoxy) is 3. The highest BCUT2D eigenvalue weighted by atomic mass is 16.5. The Balaban J connectivity index is 2.22. The molecule has 0 saturated carbocycles. The van der Waals surface area contributed by atoms with Crippen LogP contribution in [0.15, 0.2) is 12.1 Å². The molecule has 2 amide bonds. The standard InChI is InChI=1S/C18H24N2O7/c1-5-12(18(23)24)19-17(22)10-6-15(21)20(9-10)11-7-13(25-2)16(27-4)14(8-11)26-3/h7-8,10,12H,5-6,9H2,1-4H3,(H,19,22)(H,23,24). The molecule has 148 valence electrons. The summed E-state index contributed by atoms with van der Waals surface area (Å²) in [5.74, 6) is -1.24. The molecule has 27 heavy (non-hydrogen) atoms. The van der Waals surface area contributed by atoms with Gasteiger partial charge in [0.25, 0.3) is 0 Å². The van der Waals surface area contributed by atoms with Crippen molar-refractivity contribution >= 4 is 23.5 Å². The quantitative estimate of drug-likeness (QED) is 0.693. The predicted molar refractivity (Wildman–Crippen MR) is 96.4 cm³/mol. The van der Waals surface area contributed by atoms with Crippen molar-refractivity contribution in [2.45, 2.75) is 25.8 Å². The number of carbonyl (C=O) groups is 3. The van der Waals surface area contributed by atoms with Crippen LogP contribution in [0.4, 0.5) is 5.69 Å². The Kier molecular flexibility index (Phi) is 6.49. The Morgan fingerprint density at radius 2 is 1.81 bits per heavy atom. The average molecular weight is 380 g/mol. The Hall–Kier alpha value is -2.97. The summed E-state index contributed by atoms with van der Waals surface area (Å²) >= 11 is 0. The van der Waals surface area contributed by atoms with E-state index in [9.17, 15) is 14.4 Å². The maximum absolute atomic E-state index is 12.4. The van der Waals surface area contributed by atoms with Crippen molar-refractivity contribution in [3.8, 4) is 17.2 Å². The Bertz CT molecular complexity index is 709. The highest BCUT2D eigenvalue weighted by Gasteiger charge is 2.37. The van der Waals surface area contributed by atoms with Crippen LogP contribution < -0.4 is 24.4 Å². The fraction of sp³-hybridized carbons (Fsp3) is 0.500. The monoisotopic (exact) mass is 380 g/mol. The normalized spacial score (nSPS) is 17.4. The fourth-order valence-corrected chi connectivity index (χ4v) is 2.98. The lowest BCUT2D eigenvalue weighted by Crippen LogP contribution is -2.43. The van der Waals surface area contributed by atoms with Crippen molar-refractivity contribution in [1.29, 1.82) is 0 Å². The second kappa shape index (κ2) is 8.61. The van der Waals surface area contributed by atoms with Crippen molar-refractivity contribution in [2.75, 3.05) is 32.8 Å². The third-order valence-corrected chi connectivity index (χ3v) is 4.48. The molecule has 0 spiro atoms. The summed E-state index contributed by atoms with van der Waals surface area (Å²) < 4.78 is 15.9. The van der Waals surface area contributed by atoms with Gasteiger partial charge in [0.05, 0.1) is 32.9 Å². The van der Waals surface area contributed by atoms with E-state index < -0.39 is 23.8 Å². The van der Waals surface area contributed by atoms with E-state index in [0.29, 0.717) is 22.9 Å². The Morgan fingerprint density at radius 3 is 2.26 bits per heavy atom. The van der Waals surface area contributed by atoms with Crippen LogP contribution in [0.2, 0.25) is 0 Å². The maximum Gasteiger partial charge on any atom is 0.326 e. The molecule has 2 atom stereocenters. The zero-order valence-electron chi connectivity index (χ0n) is 15.8. The zero-order valence-corrected chi connectivity index (χ0v) is 15.8. The van der Waals surface area contributed by atoms with Gasteiger partial charge in [-0.05, 0) is 6.42 Å². The van der Waals surface area contributed by atoms with Crippen LogP contribution in [-0.4, -0.2) is 56.8 Å². The molecule has 0 radical (unpaired) electrons. The number of nitrogens with one attached hydrogen (secondary N) is 1. The first-order valence-electron chi connectivity index (χ1n) is 8.49. The van der Waals surface area contributed by atoms with Crippen LogP contribution in [0.5, 0.6) is 17.2 Å². The molecular formula is C18H24N2O7. The predicted octanol–water partition coefficient (Wildman–Crippen LogP) is 1.04. The van der Waals surface area contributed by atoms with Gasteiger partial charge in [-0.15, -0.1) is 0 Å². The highest BCUT2D eigenvalue weighted by Crippen LogP contribution is 2.42. The van der Waals surface area contributed by atoms with Crippen LogP contribution >= 0.6 is 0 Å². The van der Waals surface area contributed by atoms with E-state index in [4.69, 9.17) is 19.3 Å². The van der Waals surface area contributed by atoms with Crippen molar-refractivity contribution in [3.05, 3.63) is 12.1 Å². The summed E-state index contributed by atoms with van der Waals surface area (Å²) in [6.45, 7) is 1.81. The van der Waals surface area contributed by atoms with Gasteiger partial charge >= 0.3 is 5.97 Å². The van der Waals surface area contributed by atoms with E-state index in [1.165, 1.54) is 26.2 Å². The lowest BCUT2D eigenvalue weighted by atomic mass is 10.1. The molecule has 9 heteroatoms. The SMILES string of the molecule is CCC(NC(=O)C1CC(=O)N(c2cc(OC)c(OC)c(OC)c2)C1)C(=O)O. The van der Waals surface area contributed by atoms with Crippen LogP contribution in [0.3, 0.4) is 0 Å². The second-order valence-electron chi connectivity index (χ2n) is 6.10. The van der Waals surface area contributed by atoms with Crippen molar-refractivity contribution in [2.24, 2.45) is 5.92 Å². The first-order valence-corrected chi connectivity index (χ1v) is 8.49. The van der Waals surface area contributed by atoms with E-state index >= 15 is 0 Å². The highest BCUT2D eigenvalue weighted by molar-refractivity contribution is 6.01. The summed E-state index contributed by atoms with van der Waals surface area (Å²) in [6.07, 6.45) is 0.261. The molecule has 9 nitrogen and oxygen atoms in total. The van der Waals surface area contributed by atoms with Crippen LogP contribution in [0.1, 0.15) is 19.8 Å². The van der Waals surface area contributed by atoms with Crippen LogP contribution in [-0.2, 0) is 14.4 Å². The molecule has 1 saturated heterocycles. The minimum Gasteiger partial charge on any atom is -0.493 e. The number of carbonyl (C=O) groups excluding carboxylic acids is 2. The van der Waals surface area contributed by atoms with E-state index in [2.05, 4.69) is 5.32 Å². The van der Waals surface area contributed by atoms with Crippen LogP contribution in [0.25, 0.3) is 0 Å². The van der Waals surface area contributed by atoms with Crippen molar-refractivity contribution < 1.29 is 33.7 Å². The number of carboxylic acid groups (broad SMARTS) is 1. The van der Waals surface area contributed by atoms with E-state index in [-0.39, 0.29) is 25.3 Å². The number of anilines is 1. The number of nitrogens with zero attached hydrogens (tertiary/aromatic N) is 1. The number of amides is 2. The molecule has 1 aliphatic rings. The summed E-state index contributed by atoms with van der Waals surface area (Å²) in [5, 5.41) is 11.6. The lowest BCUT2D eigenvalue weighted by Gasteiger charge is -2.21. The second-order valence-corrected chi connectivity index (χ2v) is 6.10. The number of carboxylic acids is 1. The largest absolute Gasteiger partial charge is 0.493 e. The molecule has 2 unspecified atom stereocenters. The number of methoxy groups -OCH3 is 3. The van der Waals surface area contributed by atoms with E-state index in [1.54, 1.807) is 19.1 Å². The van der Waals surface area contributed by atoms with Gasteiger partial charge in [-0.25, -0.2) is 4.79 Å². The summed E-state index contributed by atoms with van der Waals surface area (Å²) in [4.78, 5) is 37.4. The molecule has 0 aliphatic carbocycles. The van der Waals surface area contributed by atoms with Gasteiger partial charge in [0.1, 0.15) is 6.04 Å². The first kappa shape index (κ1) is 20.3. The molecule has 0 bridgehead atoms. The van der Waals surface area contributed by atoms with Gasteiger partial charge < -0.3 is 29.5 Å². The van der Waals surface area contributed by atoms with Gasteiger partial charge in [0, 0.05) is 25.1 Å². The van der Waals surface area contributed by atoms with E-state index in [1.807, 2.05) is 0 Å². The molecule has 0 aromatic heterocycles. The molecule has 1 heterocycles. The summed E-state index contributed by atoms with van der Waals surface area (Å²) in [7, 11) is 4.42. The Labute approximate surface area is 157 Å². The minimum atomic E-state index is -1.10. The van der Waals surface area contributed by atoms with E-state index in [0.717, 1.165) is 0 Å². The molecule has 1 aromatic rings. The Morgan fingerprint density at radius 1 is 1.22 bits per heavy atom. The van der Waals surface area contributed by atoms with Crippen LogP contribution in [0, 0.1) is 5.92 Å².